The van der Waals surface area contributed by atoms with Crippen molar-refractivity contribution >= 4 is 5.82 Å². The Hall–Kier alpha value is -1.13. The summed E-state index contributed by atoms with van der Waals surface area (Å²) in [6.45, 7) is 3.46. The van der Waals surface area contributed by atoms with Crippen LogP contribution in [0.3, 0.4) is 0 Å². The Labute approximate surface area is 90.2 Å². The number of pyridine rings is 1. The van der Waals surface area contributed by atoms with E-state index in [9.17, 15) is 0 Å². The zero-order valence-electron chi connectivity index (χ0n) is 9.06. The topological polar surface area (TPSA) is 56.6 Å². The summed E-state index contributed by atoms with van der Waals surface area (Å²) in [7, 11) is 0. The average molecular weight is 210 g/mol. The molecule has 0 amide bonds. The number of aryl methyl sites for hydroxylation is 1. The van der Waals surface area contributed by atoms with Gasteiger partial charge in [-0.1, -0.05) is 6.07 Å². The summed E-state index contributed by atoms with van der Waals surface area (Å²) in [6.07, 6.45) is 0.690. The minimum absolute atomic E-state index is 0.0983. The molecular formula is C11H18N2O2. The van der Waals surface area contributed by atoms with Gasteiger partial charge in [0.15, 0.2) is 0 Å². The summed E-state index contributed by atoms with van der Waals surface area (Å²) in [5.74, 6) is 0.859. The molecule has 0 saturated heterocycles. The van der Waals surface area contributed by atoms with E-state index in [4.69, 9.17) is 10.2 Å². The van der Waals surface area contributed by atoms with Crippen molar-refractivity contribution < 1.29 is 10.2 Å². The summed E-state index contributed by atoms with van der Waals surface area (Å²) in [5.41, 5.74) is 0.958. The van der Waals surface area contributed by atoms with Gasteiger partial charge < -0.3 is 15.1 Å². The predicted molar refractivity (Wildman–Crippen MR) is 60.0 cm³/mol. The van der Waals surface area contributed by atoms with E-state index in [0.717, 1.165) is 11.5 Å². The molecule has 0 atom stereocenters. The van der Waals surface area contributed by atoms with Crippen LogP contribution in [-0.2, 0) is 0 Å². The van der Waals surface area contributed by atoms with Gasteiger partial charge in [0, 0.05) is 25.4 Å². The van der Waals surface area contributed by atoms with Crippen LogP contribution < -0.4 is 4.90 Å². The van der Waals surface area contributed by atoms with E-state index in [-0.39, 0.29) is 13.2 Å². The Kier molecular flexibility index (Phi) is 5.07. The van der Waals surface area contributed by atoms with Gasteiger partial charge >= 0.3 is 0 Å². The van der Waals surface area contributed by atoms with Crippen molar-refractivity contribution in [3.8, 4) is 0 Å². The highest BCUT2D eigenvalue weighted by Crippen LogP contribution is 2.11. The largest absolute Gasteiger partial charge is 0.396 e. The molecule has 0 bridgehead atoms. The third-order valence-corrected chi connectivity index (χ3v) is 2.15. The smallest absolute Gasteiger partial charge is 0.128 e. The molecular weight excluding hydrogens is 192 g/mol. The molecule has 0 aliphatic rings. The van der Waals surface area contributed by atoms with Crippen molar-refractivity contribution in [3.63, 3.8) is 0 Å². The summed E-state index contributed by atoms with van der Waals surface area (Å²) in [4.78, 5) is 6.35. The lowest BCUT2D eigenvalue weighted by atomic mass is 10.3. The number of hydrogen-bond donors (Lipinski definition) is 2. The van der Waals surface area contributed by atoms with Gasteiger partial charge in [-0.2, -0.15) is 0 Å². The van der Waals surface area contributed by atoms with Crippen LogP contribution in [-0.4, -0.2) is 41.5 Å². The van der Waals surface area contributed by atoms with Gasteiger partial charge in [-0.05, 0) is 25.5 Å². The number of aliphatic hydroxyl groups is 2. The molecule has 4 nitrogen and oxygen atoms in total. The molecule has 84 valence electrons. The lowest BCUT2D eigenvalue weighted by Gasteiger charge is -2.22. The van der Waals surface area contributed by atoms with E-state index in [2.05, 4.69) is 4.98 Å². The maximum absolute atomic E-state index is 8.93. The zero-order chi connectivity index (χ0) is 11.1. The first-order valence-electron chi connectivity index (χ1n) is 5.18. The Morgan fingerprint density at radius 2 is 2.00 bits per heavy atom. The van der Waals surface area contributed by atoms with Crippen molar-refractivity contribution in [2.45, 2.75) is 13.3 Å². The number of rotatable bonds is 6. The standard InChI is InChI=1S/C11H18N2O2/c1-10-4-2-5-11(12-10)13(7-9-15)6-3-8-14/h2,4-5,14-15H,3,6-9H2,1H3. The highest BCUT2D eigenvalue weighted by Gasteiger charge is 2.06. The van der Waals surface area contributed by atoms with Crippen molar-refractivity contribution in [3.05, 3.63) is 23.9 Å². The number of nitrogens with zero attached hydrogens (tertiary/aromatic N) is 2. The third kappa shape index (κ3) is 3.85. The van der Waals surface area contributed by atoms with Crippen LogP contribution in [0, 0.1) is 6.92 Å². The van der Waals surface area contributed by atoms with Crippen LogP contribution in [0.25, 0.3) is 0 Å². The van der Waals surface area contributed by atoms with E-state index >= 15 is 0 Å². The lowest BCUT2D eigenvalue weighted by molar-refractivity contribution is 0.281. The fraction of sp³-hybridized carbons (Fsp3) is 0.545. The molecule has 0 aromatic carbocycles. The van der Waals surface area contributed by atoms with Crippen LogP contribution in [0.4, 0.5) is 5.82 Å². The van der Waals surface area contributed by atoms with Crippen molar-refractivity contribution in [1.82, 2.24) is 4.98 Å². The number of aliphatic hydroxyl groups excluding tert-OH is 2. The molecule has 0 fully saturated rings. The van der Waals surface area contributed by atoms with Gasteiger partial charge in [0.2, 0.25) is 0 Å². The second-order valence-electron chi connectivity index (χ2n) is 3.42. The molecule has 4 heteroatoms. The van der Waals surface area contributed by atoms with E-state index in [1.165, 1.54) is 0 Å². The predicted octanol–water partition coefficient (Wildman–Crippen LogP) is 0.571. The van der Waals surface area contributed by atoms with Crippen molar-refractivity contribution in [2.75, 3.05) is 31.2 Å². The second-order valence-corrected chi connectivity index (χ2v) is 3.42. The van der Waals surface area contributed by atoms with Crippen molar-refractivity contribution in [1.29, 1.82) is 0 Å². The molecule has 1 aromatic rings. The molecule has 1 rings (SSSR count). The first-order chi connectivity index (χ1) is 7.27. The van der Waals surface area contributed by atoms with E-state index in [1.54, 1.807) is 0 Å². The first kappa shape index (κ1) is 11.9. The summed E-state index contributed by atoms with van der Waals surface area (Å²) < 4.78 is 0. The average Bonchev–Trinajstić information content (AvgIpc) is 2.24. The minimum atomic E-state index is 0.0983. The van der Waals surface area contributed by atoms with E-state index < -0.39 is 0 Å². The molecule has 0 radical (unpaired) electrons. The normalized spacial score (nSPS) is 10.3. The highest BCUT2D eigenvalue weighted by molar-refractivity contribution is 5.38. The van der Waals surface area contributed by atoms with Gasteiger partial charge in [0.25, 0.3) is 0 Å². The Morgan fingerprint density at radius 1 is 1.20 bits per heavy atom. The van der Waals surface area contributed by atoms with Gasteiger partial charge in [-0.15, -0.1) is 0 Å². The molecule has 0 aliphatic heterocycles. The minimum Gasteiger partial charge on any atom is -0.396 e. The lowest BCUT2D eigenvalue weighted by Crippen LogP contribution is -2.29. The summed E-state index contributed by atoms with van der Waals surface area (Å²) >= 11 is 0. The van der Waals surface area contributed by atoms with Gasteiger partial charge in [0.1, 0.15) is 5.82 Å². The van der Waals surface area contributed by atoms with Crippen LogP contribution in [0.5, 0.6) is 0 Å². The van der Waals surface area contributed by atoms with Crippen molar-refractivity contribution in [2.24, 2.45) is 0 Å². The molecule has 2 N–H and O–H groups in total. The fourth-order valence-corrected chi connectivity index (χ4v) is 1.43. The highest BCUT2D eigenvalue weighted by atomic mass is 16.3. The first-order valence-corrected chi connectivity index (χ1v) is 5.18. The Bertz CT molecular complexity index is 292. The maximum atomic E-state index is 8.93. The molecule has 15 heavy (non-hydrogen) atoms. The SMILES string of the molecule is Cc1cccc(N(CCO)CCCO)n1. The fourth-order valence-electron chi connectivity index (χ4n) is 1.43. The van der Waals surface area contributed by atoms with Crippen LogP contribution >= 0.6 is 0 Å². The van der Waals surface area contributed by atoms with E-state index in [0.29, 0.717) is 19.5 Å². The summed E-state index contributed by atoms with van der Waals surface area (Å²) in [6, 6.07) is 5.80. The maximum Gasteiger partial charge on any atom is 0.128 e. The van der Waals surface area contributed by atoms with Gasteiger partial charge in [-0.3, -0.25) is 0 Å². The molecule has 1 aromatic heterocycles. The third-order valence-electron chi connectivity index (χ3n) is 2.15. The van der Waals surface area contributed by atoms with E-state index in [1.807, 2.05) is 30.0 Å². The number of anilines is 1. The number of hydrogen-bond acceptors (Lipinski definition) is 4. The number of aromatic nitrogens is 1. The second kappa shape index (κ2) is 6.37. The molecule has 1 heterocycles. The van der Waals surface area contributed by atoms with Crippen LogP contribution in [0.1, 0.15) is 12.1 Å². The van der Waals surface area contributed by atoms with Crippen LogP contribution in [0.2, 0.25) is 0 Å². The molecule has 0 saturated carbocycles. The van der Waals surface area contributed by atoms with Crippen LogP contribution in [0.15, 0.2) is 18.2 Å². The molecule has 0 unspecified atom stereocenters. The molecule has 0 aliphatic carbocycles. The van der Waals surface area contributed by atoms with Gasteiger partial charge in [0.05, 0.1) is 6.61 Å². The molecule has 0 spiro atoms. The summed E-state index contributed by atoms with van der Waals surface area (Å²) in [5, 5.41) is 17.7. The monoisotopic (exact) mass is 210 g/mol. The Morgan fingerprint density at radius 3 is 2.60 bits per heavy atom. The quantitative estimate of drug-likeness (QED) is 0.721. The Balaban J connectivity index is 2.69. The zero-order valence-corrected chi connectivity index (χ0v) is 9.06. The van der Waals surface area contributed by atoms with Gasteiger partial charge in [-0.25, -0.2) is 4.98 Å².